The van der Waals surface area contributed by atoms with Gasteiger partial charge in [-0.2, -0.15) is 0 Å². The molecule has 0 fully saturated rings. The van der Waals surface area contributed by atoms with Crippen molar-refractivity contribution < 1.29 is 0 Å². The summed E-state index contributed by atoms with van der Waals surface area (Å²) in [6.45, 7) is 2.63. The molecule has 3 rings (SSSR count). The maximum Gasteiger partial charge on any atom is 0.184 e. The number of hydrogen-bond donors (Lipinski definition) is 1. The lowest BCUT2D eigenvalue weighted by atomic mass is 10.1. The Morgan fingerprint density at radius 3 is 2.60 bits per heavy atom. The molecular weight excluding hydrogens is 250 g/mol. The number of anilines is 1. The number of benzene rings is 2. The van der Waals surface area contributed by atoms with Crippen LogP contribution >= 0.6 is 0 Å². The minimum Gasteiger partial charge on any atom is -0.398 e. The molecule has 5 nitrogen and oxygen atoms in total. The Balaban J connectivity index is 2.03. The third kappa shape index (κ3) is 2.25. The van der Waals surface area contributed by atoms with E-state index in [9.17, 15) is 0 Å². The molecule has 1 aromatic heterocycles. The van der Waals surface area contributed by atoms with Crippen LogP contribution in [-0.4, -0.2) is 20.2 Å². The van der Waals surface area contributed by atoms with Crippen LogP contribution in [0, 0.1) is 6.92 Å². The Labute approximate surface area is 117 Å². The van der Waals surface area contributed by atoms with Gasteiger partial charge in [0.15, 0.2) is 5.82 Å². The number of nitrogen functional groups attached to an aromatic ring is 1. The molecule has 0 saturated carbocycles. The Hall–Kier alpha value is -2.69. The lowest BCUT2D eigenvalue weighted by molar-refractivity contribution is 0.653. The summed E-state index contributed by atoms with van der Waals surface area (Å²) >= 11 is 0. The summed E-state index contributed by atoms with van der Waals surface area (Å²) in [4.78, 5) is 0. The predicted molar refractivity (Wildman–Crippen MR) is 77.9 cm³/mol. The number of aryl methyl sites for hydroxylation is 1. The zero-order chi connectivity index (χ0) is 13.9. The van der Waals surface area contributed by atoms with Gasteiger partial charge < -0.3 is 5.73 Å². The van der Waals surface area contributed by atoms with Crippen LogP contribution in [0.1, 0.15) is 11.1 Å². The molecule has 20 heavy (non-hydrogen) atoms. The molecule has 1 heterocycles. The van der Waals surface area contributed by atoms with Crippen molar-refractivity contribution >= 4 is 5.69 Å². The quantitative estimate of drug-likeness (QED) is 0.738. The van der Waals surface area contributed by atoms with E-state index in [4.69, 9.17) is 5.73 Å². The molecule has 3 aromatic rings. The van der Waals surface area contributed by atoms with Crippen molar-refractivity contribution in [1.82, 2.24) is 20.2 Å². The molecule has 0 unspecified atom stereocenters. The van der Waals surface area contributed by atoms with Gasteiger partial charge in [0.05, 0.1) is 6.54 Å². The fourth-order valence-corrected chi connectivity index (χ4v) is 2.24. The second-order valence-corrected chi connectivity index (χ2v) is 4.68. The normalized spacial score (nSPS) is 10.7. The van der Waals surface area contributed by atoms with E-state index in [1.807, 2.05) is 55.5 Å². The van der Waals surface area contributed by atoms with E-state index in [-0.39, 0.29) is 0 Å². The zero-order valence-corrected chi connectivity index (χ0v) is 11.2. The molecule has 0 aliphatic carbocycles. The van der Waals surface area contributed by atoms with Crippen molar-refractivity contribution in [2.24, 2.45) is 0 Å². The summed E-state index contributed by atoms with van der Waals surface area (Å²) in [5.41, 5.74) is 9.86. The van der Waals surface area contributed by atoms with Gasteiger partial charge >= 0.3 is 0 Å². The summed E-state index contributed by atoms with van der Waals surface area (Å²) in [6.07, 6.45) is 0. The highest BCUT2D eigenvalue weighted by molar-refractivity contribution is 5.74. The first-order valence-electron chi connectivity index (χ1n) is 6.41. The highest BCUT2D eigenvalue weighted by atomic mass is 15.5. The zero-order valence-electron chi connectivity index (χ0n) is 11.2. The number of rotatable bonds is 3. The molecule has 0 radical (unpaired) electrons. The van der Waals surface area contributed by atoms with E-state index in [1.165, 1.54) is 0 Å². The number of tetrazole rings is 1. The van der Waals surface area contributed by atoms with Crippen LogP contribution in [0.2, 0.25) is 0 Å². The third-order valence-electron chi connectivity index (χ3n) is 3.24. The van der Waals surface area contributed by atoms with E-state index >= 15 is 0 Å². The molecule has 0 amide bonds. The number of hydrogen-bond acceptors (Lipinski definition) is 4. The first-order chi connectivity index (χ1) is 9.75. The van der Waals surface area contributed by atoms with Crippen LogP contribution < -0.4 is 5.73 Å². The van der Waals surface area contributed by atoms with Crippen LogP contribution in [0.4, 0.5) is 5.69 Å². The van der Waals surface area contributed by atoms with E-state index in [2.05, 4.69) is 15.5 Å². The molecule has 0 atom stereocenters. The SMILES string of the molecule is Cc1cccc(N)c1-c1nnnn1Cc1ccccc1. The van der Waals surface area contributed by atoms with E-state index in [0.29, 0.717) is 18.1 Å². The third-order valence-corrected chi connectivity index (χ3v) is 3.24. The summed E-state index contributed by atoms with van der Waals surface area (Å²) in [6, 6.07) is 15.9. The van der Waals surface area contributed by atoms with Gasteiger partial charge in [0.1, 0.15) is 0 Å². The molecule has 0 aliphatic rings. The predicted octanol–water partition coefficient (Wildman–Crippen LogP) is 2.28. The topological polar surface area (TPSA) is 69.6 Å². The van der Waals surface area contributed by atoms with Gasteiger partial charge in [0.2, 0.25) is 0 Å². The lowest BCUT2D eigenvalue weighted by Gasteiger charge is -2.09. The fraction of sp³-hybridized carbons (Fsp3) is 0.133. The highest BCUT2D eigenvalue weighted by Crippen LogP contribution is 2.27. The molecule has 100 valence electrons. The first-order valence-corrected chi connectivity index (χ1v) is 6.41. The molecule has 2 N–H and O–H groups in total. The largest absolute Gasteiger partial charge is 0.398 e. The Morgan fingerprint density at radius 1 is 1.05 bits per heavy atom. The van der Waals surface area contributed by atoms with Crippen molar-refractivity contribution in [3.8, 4) is 11.4 Å². The van der Waals surface area contributed by atoms with Crippen molar-refractivity contribution in [3.63, 3.8) is 0 Å². The molecular formula is C15H15N5. The number of nitrogens with zero attached hydrogens (tertiary/aromatic N) is 4. The summed E-state index contributed by atoms with van der Waals surface area (Å²) in [5.74, 6) is 0.699. The molecule has 0 spiro atoms. The van der Waals surface area contributed by atoms with Gasteiger partial charge in [-0.25, -0.2) is 4.68 Å². The van der Waals surface area contributed by atoms with Crippen LogP contribution in [0.3, 0.4) is 0 Å². The van der Waals surface area contributed by atoms with Crippen molar-refractivity contribution in [3.05, 3.63) is 59.7 Å². The van der Waals surface area contributed by atoms with E-state index in [1.54, 1.807) is 4.68 Å². The van der Waals surface area contributed by atoms with Crippen LogP contribution in [-0.2, 0) is 6.54 Å². The van der Waals surface area contributed by atoms with Gasteiger partial charge in [-0.1, -0.05) is 42.5 Å². The Bertz CT molecular complexity index is 698. The van der Waals surface area contributed by atoms with Gasteiger partial charge in [0, 0.05) is 11.3 Å². The maximum atomic E-state index is 6.07. The van der Waals surface area contributed by atoms with Gasteiger partial charge in [-0.3, -0.25) is 0 Å². The standard InChI is InChI=1S/C15H15N5/c1-11-6-5-9-13(16)14(11)15-17-18-19-20(15)10-12-7-3-2-4-8-12/h2-9H,10,16H2,1H3. The molecule has 0 aliphatic heterocycles. The summed E-state index contributed by atoms with van der Waals surface area (Å²) in [7, 11) is 0. The van der Waals surface area contributed by atoms with Crippen molar-refractivity contribution in [2.45, 2.75) is 13.5 Å². The van der Waals surface area contributed by atoms with Crippen LogP contribution in [0.25, 0.3) is 11.4 Å². The molecule has 2 aromatic carbocycles. The first kappa shape index (κ1) is 12.3. The molecule has 0 saturated heterocycles. The average molecular weight is 265 g/mol. The lowest BCUT2D eigenvalue weighted by Crippen LogP contribution is -2.06. The molecule has 5 heteroatoms. The van der Waals surface area contributed by atoms with Crippen molar-refractivity contribution in [1.29, 1.82) is 0 Å². The van der Waals surface area contributed by atoms with Gasteiger partial charge in [0.25, 0.3) is 0 Å². The van der Waals surface area contributed by atoms with Crippen LogP contribution in [0.15, 0.2) is 48.5 Å². The summed E-state index contributed by atoms with van der Waals surface area (Å²) < 4.78 is 1.77. The Morgan fingerprint density at radius 2 is 1.85 bits per heavy atom. The highest BCUT2D eigenvalue weighted by Gasteiger charge is 2.14. The van der Waals surface area contributed by atoms with Crippen LogP contribution in [0.5, 0.6) is 0 Å². The summed E-state index contributed by atoms with van der Waals surface area (Å²) in [5, 5.41) is 12.0. The smallest absolute Gasteiger partial charge is 0.184 e. The fourth-order valence-electron chi connectivity index (χ4n) is 2.24. The second-order valence-electron chi connectivity index (χ2n) is 4.68. The monoisotopic (exact) mass is 265 g/mol. The van der Waals surface area contributed by atoms with Gasteiger partial charge in [-0.15, -0.1) is 5.10 Å². The number of aromatic nitrogens is 4. The van der Waals surface area contributed by atoms with E-state index in [0.717, 1.165) is 16.7 Å². The number of nitrogens with two attached hydrogens (primary N) is 1. The van der Waals surface area contributed by atoms with Gasteiger partial charge in [-0.05, 0) is 34.5 Å². The maximum absolute atomic E-state index is 6.07. The minimum absolute atomic E-state index is 0.622. The minimum atomic E-state index is 0.622. The van der Waals surface area contributed by atoms with E-state index < -0.39 is 0 Å². The van der Waals surface area contributed by atoms with Crippen molar-refractivity contribution in [2.75, 3.05) is 5.73 Å². The second kappa shape index (κ2) is 5.13. The average Bonchev–Trinajstić information content (AvgIpc) is 2.88. The molecule has 0 bridgehead atoms. The Kier molecular flexibility index (Phi) is 3.16.